The zero-order valence-corrected chi connectivity index (χ0v) is 15.1. The Bertz CT molecular complexity index is 640. The maximum atomic E-state index is 12.3. The largest absolute Gasteiger partial charge is 0.497 e. The van der Waals surface area contributed by atoms with Gasteiger partial charge in [0.05, 0.1) is 25.9 Å². The van der Waals surface area contributed by atoms with E-state index in [0.29, 0.717) is 19.4 Å². The van der Waals surface area contributed by atoms with Crippen LogP contribution in [0.25, 0.3) is 0 Å². The molecule has 2 aliphatic rings. The minimum absolute atomic E-state index is 0.237. The standard InChI is InChI=1S/C20H26O6/c1-3-16(25-11-12-4-7-14(24-2)8-5-12)17-10-13-6-9-15(21)20(26-17)19(23)18(13)22/h4-9,13,15-18,20-22H,3,10-11H2,1-2H3/t13-,15+,16-,17-,18+,20-/m1/s1. The minimum atomic E-state index is -1.14. The van der Waals surface area contributed by atoms with Crippen LogP contribution in [0.1, 0.15) is 25.3 Å². The van der Waals surface area contributed by atoms with Crippen molar-refractivity contribution in [2.45, 2.75) is 56.9 Å². The average molecular weight is 362 g/mol. The Kier molecular flexibility index (Phi) is 6.09. The van der Waals surface area contributed by atoms with Gasteiger partial charge in [0.1, 0.15) is 24.1 Å². The van der Waals surface area contributed by atoms with Gasteiger partial charge in [-0.2, -0.15) is 0 Å². The third kappa shape index (κ3) is 3.99. The maximum Gasteiger partial charge on any atom is 0.193 e. The molecule has 0 amide bonds. The van der Waals surface area contributed by atoms with E-state index in [-0.39, 0.29) is 18.1 Å². The molecule has 0 radical (unpaired) electrons. The van der Waals surface area contributed by atoms with Crippen LogP contribution in [-0.2, 0) is 20.9 Å². The van der Waals surface area contributed by atoms with Crippen molar-refractivity contribution in [1.82, 2.24) is 0 Å². The summed E-state index contributed by atoms with van der Waals surface area (Å²) >= 11 is 0. The van der Waals surface area contributed by atoms with E-state index >= 15 is 0 Å². The van der Waals surface area contributed by atoms with Gasteiger partial charge in [0.25, 0.3) is 0 Å². The van der Waals surface area contributed by atoms with Crippen molar-refractivity contribution in [3.63, 3.8) is 0 Å². The normalized spacial score (nSPS) is 32.2. The number of methoxy groups -OCH3 is 1. The molecular formula is C20H26O6. The van der Waals surface area contributed by atoms with Gasteiger partial charge in [-0.1, -0.05) is 31.2 Å². The molecular weight excluding hydrogens is 336 g/mol. The first-order valence-corrected chi connectivity index (χ1v) is 9.01. The topological polar surface area (TPSA) is 85.2 Å². The lowest BCUT2D eigenvalue weighted by molar-refractivity contribution is -0.155. The quantitative estimate of drug-likeness (QED) is 0.748. The van der Waals surface area contributed by atoms with Crippen LogP contribution in [0, 0.1) is 5.92 Å². The number of hydrogen-bond donors (Lipinski definition) is 2. The highest BCUT2D eigenvalue weighted by Crippen LogP contribution is 2.31. The summed E-state index contributed by atoms with van der Waals surface area (Å²) in [5.74, 6) is -0.0395. The Labute approximate surface area is 153 Å². The highest BCUT2D eigenvalue weighted by atomic mass is 16.6. The molecule has 1 fully saturated rings. The molecule has 1 saturated heterocycles. The van der Waals surface area contributed by atoms with Crippen molar-refractivity contribution in [2.24, 2.45) is 5.92 Å². The summed E-state index contributed by atoms with van der Waals surface area (Å²) in [6, 6.07) is 7.63. The first kappa shape index (κ1) is 19.0. The van der Waals surface area contributed by atoms with Crippen LogP contribution < -0.4 is 4.74 Å². The van der Waals surface area contributed by atoms with Crippen LogP contribution >= 0.6 is 0 Å². The van der Waals surface area contributed by atoms with Crippen LogP contribution in [0.5, 0.6) is 5.75 Å². The Hall–Kier alpha value is -1.73. The zero-order valence-electron chi connectivity index (χ0n) is 15.1. The second-order valence-corrected chi connectivity index (χ2v) is 6.82. The SMILES string of the molecule is CC[C@@H](OCc1ccc(OC)cc1)[C@H]1C[C@H]2C=C[C@H](O)[C@@H](O1)C(=O)[C@H]2O. The van der Waals surface area contributed by atoms with Crippen molar-refractivity contribution in [2.75, 3.05) is 7.11 Å². The molecule has 1 aromatic rings. The van der Waals surface area contributed by atoms with Crippen LogP contribution in [0.4, 0.5) is 0 Å². The predicted molar refractivity (Wildman–Crippen MR) is 94.8 cm³/mol. The van der Waals surface area contributed by atoms with Crippen molar-refractivity contribution >= 4 is 5.78 Å². The number of ether oxygens (including phenoxy) is 3. The van der Waals surface area contributed by atoms with Gasteiger partial charge >= 0.3 is 0 Å². The van der Waals surface area contributed by atoms with Gasteiger partial charge in [-0.25, -0.2) is 0 Å². The fraction of sp³-hybridized carbons (Fsp3) is 0.550. The Morgan fingerprint density at radius 3 is 2.62 bits per heavy atom. The van der Waals surface area contributed by atoms with E-state index in [1.54, 1.807) is 19.3 Å². The van der Waals surface area contributed by atoms with E-state index in [2.05, 4.69) is 0 Å². The number of fused-ring (bicyclic) bond motifs is 3. The lowest BCUT2D eigenvalue weighted by Crippen LogP contribution is -2.43. The Balaban J connectivity index is 1.69. The molecule has 6 nitrogen and oxygen atoms in total. The third-order valence-electron chi connectivity index (χ3n) is 5.11. The van der Waals surface area contributed by atoms with E-state index < -0.39 is 24.1 Å². The summed E-state index contributed by atoms with van der Waals surface area (Å²) in [5, 5.41) is 20.4. The zero-order chi connectivity index (χ0) is 18.7. The molecule has 0 spiro atoms. The smallest absolute Gasteiger partial charge is 0.193 e. The van der Waals surface area contributed by atoms with Gasteiger partial charge in [0.2, 0.25) is 0 Å². The van der Waals surface area contributed by atoms with Crippen LogP contribution in [0.2, 0.25) is 0 Å². The summed E-state index contributed by atoms with van der Waals surface area (Å²) in [6.45, 7) is 2.40. The molecule has 0 saturated carbocycles. The van der Waals surface area contributed by atoms with E-state index in [9.17, 15) is 15.0 Å². The lowest BCUT2D eigenvalue weighted by atomic mass is 9.92. The second kappa shape index (κ2) is 8.31. The fourth-order valence-electron chi connectivity index (χ4n) is 3.53. The van der Waals surface area contributed by atoms with Gasteiger partial charge in [-0.15, -0.1) is 0 Å². The number of hydrogen-bond acceptors (Lipinski definition) is 6. The van der Waals surface area contributed by atoms with E-state index in [1.165, 1.54) is 0 Å². The molecule has 1 aliphatic carbocycles. The van der Waals surface area contributed by atoms with E-state index in [1.807, 2.05) is 31.2 Å². The Morgan fingerprint density at radius 2 is 1.96 bits per heavy atom. The predicted octanol–water partition coefficient (Wildman–Crippen LogP) is 1.62. The van der Waals surface area contributed by atoms with Gasteiger partial charge < -0.3 is 24.4 Å². The van der Waals surface area contributed by atoms with Gasteiger partial charge in [-0.05, 0) is 30.5 Å². The molecule has 2 N–H and O–H groups in total. The van der Waals surface area contributed by atoms with E-state index in [4.69, 9.17) is 14.2 Å². The average Bonchev–Trinajstić information content (AvgIpc) is 2.83. The van der Waals surface area contributed by atoms with Gasteiger partial charge in [0.15, 0.2) is 5.78 Å². The van der Waals surface area contributed by atoms with E-state index in [0.717, 1.165) is 11.3 Å². The molecule has 0 unspecified atom stereocenters. The summed E-state index contributed by atoms with van der Waals surface area (Å²) < 4.78 is 17.1. The second-order valence-electron chi connectivity index (χ2n) is 6.82. The first-order chi connectivity index (χ1) is 12.5. The number of carbonyl (C=O) groups excluding carboxylic acids is 1. The molecule has 1 heterocycles. The number of carbonyl (C=O) groups is 1. The Morgan fingerprint density at radius 1 is 1.23 bits per heavy atom. The minimum Gasteiger partial charge on any atom is -0.497 e. The van der Waals surface area contributed by atoms with Crippen molar-refractivity contribution in [1.29, 1.82) is 0 Å². The van der Waals surface area contributed by atoms with Crippen LogP contribution in [0.3, 0.4) is 0 Å². The number of aliphatic hydroxyl groups is 2. The number of aliphatic hydroxyl groups excluding tert-OH is 2. The first-order valence-electron chi connectivity index (χ1n) is 9.01. The number of benzene rings is 1. The molecule has 6 atom stereocenters. The number of ketones is 1. The fourth-order valence-corrected chi connectivity index (χ4v) is 3.53. The summed E-state index contributed by atoms with van der Waals surface area (Å²) in [4.78, 5) is 12.3. The van der Waals surface area contributed by atoms with Crippen LogP contribution in [0.15, 0.2) is 36.4 Å². The van der Waals surface area contributed by atoms with Crippen molar-refractivity contribution in [3.05, 3.63) is 42.0 Å². The summed E-state index contributed by atoms with van der Waals surface area (Å²) in [5.41, 5.74) is 1.01. The monoisotopic (exact) mass is 362 g/mol. The molecule has 0 aromatic heterocycles. The lowest BCUT2D eigenvalue weighted by Gasteiger charge is -2.30. The van der Waals surface area contributed by atoms with Crippen molar-refractivity contribution in [3.8, 4) is 5.75 Å². The van der Waals surface area contributed by atoms with Crippen LogP contribution in [-0.4, -0.2) is 53.6 Å². The molecule has 1 aromatic carbocycles. The third-order valence-corrected chi connectivity index (χ3v) is 5.11. The highest BCUT2D eigenvalue weighted by Gasteiger charge is 2.44. The molecule has 1 aliphatic heterocycles. The summed E-state index contributed by atoms with van der Waals surface area (Å²) in [7, 11) is 1.62. The molecule has 3 rings (SSSR count). The molecule has 6 heteroatoms. The van der Waals surface area contributed by atoms with Gasteiger partial charge in [0, 0.05) is 5.92 Å². The molecule has 142 valence electrons. The van der Waals surface area contributed by atoms with Gasteiger partial charge in [-0.3, -0.25) is 4.79 Å². The highest BCUT2D eigenvalue weighted by molar-refractivity contribution is 5.89. The number of Topliss-reactive ketones (excluding diaryl/α,β-unsaturated/α-hetero) is 1. The molecule has 2 bridgehead atoms. The summed E-state index contributed by atoms with van der Waals surface area (Å²) in [6.07, 6.45) is 0.613. The molecule has 26 heavy (non-hydrogen) atoms. The maximum absolute atomic E-state index is 12.3. The number of rotatable bonds is 6. The van der Waals surface area contributed by atoms with Crippen molar-refractivity contribution < 1.29 is 29.2 Å².